The number of hydrogen-bond donors (Lipinski definition) is 3. The quantitative estimate of drug-likeness (QED) is 0.449. The molecule has 0 fully saturated rings. The minimum absolute atomic E-state index is 0.409. The molecule has 0 bridgehead atoms. The number of carbonyl (C=O) groups is 3. The number of carbonyl (C=O) groups excluding carboxylic acids is 2. The highest BCUT2D eigenvalue weighted by molar-refractivity contribution is 6.00. The Labute approximate surface area is 92.5 Å². The lowest BCUT2D eigenvalue weighted by atomic mass is 10.3. The number of amides is 3. The summed E-state index contributed by atoms with van der Waals surface area (Å²) in [6.07, 6.45) is 2.16. The standard InChI is InChI=1S/C9H14N2O5/c1-3-16-5-4-7(12)11-9(15)10-6(2)8(13)14/h4-6H,3H2,1-2H3,(H,13,14)(H2,10,11,12,15)/b5-4+/t6-/m0/s1. The van der Waals surface area contributed by atoms with Crippen molar-refractivity contribution < 1.29 is 24.2 Å². The van der Waals surface area contributed by atoms with Crippen LogP contribution in [-0.2, 0) is 14.3 Å². The third-order valence-corrected chi connectivity index (χ3v) is 1.44. The molecule has 1 atom stereocenters. The third-order valence-electron chi connectivity index (χ3n) is 1.44. The topological polar surface area (TPSA) is 105 Å². The molecule has 3 N–H and O–H groups in total. The Kier molecular flexibility index (Phi) is 6.34. The van der Waals surface area contributed by atoms with Gasteiger partial charge < -0.3 is 15.2 Å². The van der Waals surface area contributed by atoms with Gasteiger partial charge in [0.05, 0.1) is 12.9 Å². The van der Waals surface area contributed by atoms with E-state index in [1.807, 2.05) is 5.32 Å². The Hall–Kier alpha value is -2.05. The summed E-state index contributed by atoms with van der Waals surface area (Å²) in [7, 11) is 0. The first-order valence-corrected chi connectivity index (χ1v) is 4.59. The second-order valence-corrected chi connectivity index (χ2v) is 2.78. The molecular weight excluding hydrogens is 216 g/mol. The number of hydrogen-bond acceptors (Lipinski definition) is 4. The Morgan fingerprint density at radius 1 is 1.44 bits per heavy atom. The van der Waals surface area contributed by atoms with Crippen molar-refractivity contribution >= 4 is 17.9 Å². The van der Waals surface area contributed by atoms with Crippen LogP contribution in [0.2, 0.25) is 0 Å². The molecule has 0 saturated carbocycles. The molecule has 0 heterocycles. The molecule has 3 amide bonds. The highest BCUT2D eigenvalue weighted by atomic mass is 16.5. The average molecular weight is 230 g/mol. The molecule has 0 aliphatic rings. The molecule has 0 aliphatic carbocycles. The van der Waals surface area contributed by atoms with Gasteiger partial charge in [-0.1, -0.05) is 0 Å². The van der Waals surface area contributed by atoms with Crippen molar-refractivity contribution in [3.8, 4) is 0 Å². The SMILES string of the molecule is CCO/C=C/C(=O)NC(=O)N[C@@H](C)C(=O)O. The molecule has 0 radical (unpaired) electrons. The maximum Gasteiger partial charge on any atom is 0.325 e. The second kappa shape index (κ2) is 7.27. The number of rotatable bonds is 5. The number of nitrogens with one attached hydrogen (secondary N) is 2. The van der Waals surface area contributed by atoms with E-state index in [1.54, 1.807) is 6.92 Å². The van der Waals surface area contributed by atoms with Crippen molar-refractivity contribution in [1.82, 2.24) is 10.6 Å². The van der Waals surface area contributed by atoms with Crippen molar-refractivity contribution in [2.24, 2.45) is 0 Å². The smallest absolute Gasteiger partial charge is 0.325 e. The molecule has 0 aromatic rings. The van der Waals surface area contributed by atoms with Crippen molar-refractivity contribution in [2.45, 2.75) is 19.9 Å². The Bertz CT molecular complexity index is 300. The summed E-state index contributed by atoms with van der Waals surface area (Å²) >= 11 is 0. The van der Waals surface area contributed by atoms with Gasteiger partial charge in [0, 0.05) is 6.08 Å². The fraction of sp³-hybridized carbons (Fsp3) is 0.444. The summed E-state index contributed by atoms with van der Waals surface area (Å²) in [6, 6.07) is -1.94. The van der Waals surface area contributed by atoms with Crippen LogP contribution in [0.3, 0.4) is 0 Å². The Morgan fingerprint density at radius 3 is 2.56 bits per heavy atom. The summed E-state index contributed by atoms with van der Waals surface area (Å²) in [5.41, 5.74) is 0. The first-order chi connectivity index (χ1) is 7.47. The molecule has 7 heteroatoms. The van der Waals surface area contributed by atoms with E-state index in [-0.39, 0.29) is 0 Å². The van der Waals surface area contributed by atoms with E-state index >= 15 is 0 Å². The minimum atomic E-state index is -1.19. The van der Waals surface area contributed by atoms with Gasteiger partial charge in [-0.25, -0.2) is 4.79 Å². The number of imide groups is 1. The van der Waals surface area contributed by atoms with Gasteiger partial charge in [-0.3, -0.25) is 14.9 Å². The monoisotopic (exact) mass is 230 g/mol. The lowest BCUT2D eigenvalue weighted by Crippen LogP contribution is -2.45. The number of ether oxygens (including phenoxy) is 1. The molecule has 0 aliphatic heterocycles. The first-order valence-electron chi connectivity index (χ1n) is 4.59. The van der Waals surface area contributed by atoms with Crippen molar-refractivity contribution in [1.29, 1.82) is 0 Å². The van der Waals surface area contributed by atoms with Crippen LogP contribution in [0.25, 0.3) is 0 Å². The van der Waals surface area contributed by atoms with Crippen molar-refractivity contribution in [2.75, 3.05) is 6.61 Å². The van der Waals surface area contributed by atoms with Gasteiger partial charge in [-0.05, 0) is 13.8 Å². The van der Waals surface area contributed by atoms with Gasteiger partial charge in [-0.2, -0.15) is 0 Å². The lowest BCUT2D eigenvalue weighted by Gasteiger charge is -2.08. The zero-order valence-corrected chi connectivity index (χ0v) is 9.02. The number of carboxylic acids is 1. The molecule has 0 saturated heterocycles. The summed E-state index contributed by atoms with van der Waals surface area (Å²) in [5, 5.41) is 12.4. The molecule has 7 nitrogen and oxygen atoms in total. The highest BCUT2D eigenvalue weighted by Gasteiger charge is 2.14. The van der Waals surface area contributed by atoms with Crippen LogP contribution >= 0.6 is 0 Å². The third kappa shape index (κ3) is 6.41. The van der Waals surface area contributed by atoms with E-state index in [4.69, 9.17) is 9.84 Å². The maximum absolute atomic E-state index is 11.0. The highest BCUT2D eigenvalue weighted by Crippen LogP contribution is 1.82. The lowest BCUT2D eigenvalue weighted by molar-refractivity contribution is -0.138. The summed E-state index contributed by atoms with van der Waals surface area (Å²) < 4.78 is 4.74. The van der Waals surface area contributed by atoms with Gasteiger partial charge in [0.1, 0.15) is 6.04 Å². The van der Waals surface area contributed by atoms with Crippen LogP contribution in [0, 0.1) is 0 Å². The van der Waals surface area contributed by atoms with E-state index in [0.29, 0.717) is 6.61 Å². The van der Waals surface area contributed by atoms with Gasteiger partial charge in [0.25, 0.3) is 5.91 Å². The number of aliphatic carboxylic acids is 1. The summed E-state index contributed by atoms with van der Waals surface area (Å²) in [4.78, 5) is 32.4. The summed E-state index contributed by atoms with van der Waals surface area (Å²) in [5.74, 6) is -1.88. The second-order valence-electron chi connectivity index (χ2n) is 2.78. The molecule has 0 rings (SSSR count). The van der Waals surface area contributed by atoms with Crippen LogP contribution in [0.15, 0.2) is 12.3 Å². The fourth-order valence-electron chi connectivity index (χ4n) is 0.654. The van der Waals surface area contributed by atoms with Crippen molar-refractivity contribution in [3.05, 3.63) is 12.3 Å². The molecule has 0 spiro atoms. The predicted octanol–water partition coefficient (Wildman–Crippen LogP) is -0.164. The zero-order valence-electron chi connectivity index (χ0n) is 9.02. The maximum atomic E-state index is 11.0. The van der Waals surface area contributed by atoms with Crippen LogP contribution < -0.4 is 10.6 Å². The molecule has 90 valence electrons. The van der Waals surface area contributed by atoms with Gasteiger partial charge in [0.15, 0.2) is 0 Å². The Balaban J connectivity index is 3.96. The normalized spacial score (nSPS) is 11.9. The van der Waals surface area contributed by atoms with E-state index in [2.05, 4.69) is 5.32 Å². The van der Waals surface area contributed by atoms with Crippen molar-refractivity contribution in [3.63, 3.8) is 0 Å². The van der Waals surface area contributed by atoms with Crippen LogP contribution in [0.1, 0.15) is 13.8 Å². The van der Waals surface area contributed by atoms with Gasteiger partial charge in [0.2, 0.25) is 0 Å². The molecule has 0 aromatic carbocycles. The molecule has 0 aromatic heterocycles. The first kappa shape index (κ1) is 13.9. The van der Waals surface area contributed by atoms with Crippen LogP contribution in [-0.4, -0.2) is 35.7 Å². The van der Waals surface area contributed by atoms with E-state index in [1.165, 1.54) is 6.92 Å². The Morgan fingerprint density at radius 2 is 2.06 bits per heavy atom. The van der Waals surface area contributed by atoms with Crippen LogP contribution in [0.5, 0.6) is 0 Å². The van der Waals surface area contributed by atoms with Gasteiger partial charge in [-0.15, -0.1) is 0 Å². The zero-order chi connectivity index (χ0) is 12.6. The molecule has 16 heavy (non-hydrogen) atoms. The van der Waals surface area contributed by atoms with E-state index < -0.39 is 23.9 Å². The minimum Gasteiger partial charge on any atom is -0.501 e. The summed E-state index contributed by atoms with van der Waals surface area (Å²) in [6.45, 7) is 3.43. The molecular formula is C9H14N2O5. The van der Waals surface area contributed by atoms with E-state index in [0.717, 1.165) is 12.3 Å². The number of urea groups is 1. The largest absolute Gasteiger partial charge is 0.501 e. The predicted molar refractivity (Wildman–Crippen MR) is 54.5 cm³/mol. The average Bonchev–Trinajstić information content (AvgIpc) is 2.17. The number of carboxylic acid groups (broad SMARTS) is 1. The fourth-order valence-corrected chi connectivity index (χ4v) is 0.654. The van der Waals surface area contributed by atoms with Gasteiger partial charge >= 0.3 is 12.0 Å². The molecule has 0 unspecified atom stereocenters. The van der Waals surface area contributed by atoms with Crippen LogP contribution in [0.4, 0.5) is 4.79 Å². The van der Waals surface area contributed by atoms with E-state index in [9.17, 15) is 14.4 Å².